The van der Waals surface area contributed by atoms with Crippen LogP contribution in [-0.2, 0) is 0 Å². The number of nitro groups is 1. The van der Waals surface area contributed by atoms with Crippen LogP contribution in [0.3, 0.4) is 0 Å². The van der Waals surface area contributed by atoms with Crippen molar-refractivity contribution in [2.75, 3.05) is 11.9 Å². The number of nitro benzene ring substituents is 1. The van der Waals surface area contributed by atoms with Crippen LogP contribution >= 0.6 is 0 Å². The van der Waals surface area contributed by atoms with Crippen LogP contribution in [-0.4, -0.2) is 11.5 Å². The first-order valence-electron chi connectivity index (χ1n) is 5.90. The van der Waals surface area contributed by atoms with Gasteiger partial charge in [0.05, 0.1) is 11.0 Å². The van der Waals surface area contributed by atoms with Crippen LogP contribution in [0.4, 0.5) is 15.8 Å². The molecule has 0 fully saturated rings. The SMILES string of the molecule is CC(C)(CCC#N)CNc1ccc(F)c([N+](=O)[O-])c1. The van der Waals surface area contributed by atoms with E-state index in [0.717, 1.165) is 12.5 Å². The van der Waals surface area contributed by atoms with Gasteiger partial charge < -0.3 is 5.32 Å². The Morgan fingerprint density at radius 3 is 2.79 bits per heavy atom. The van der Waals surface area contributed by atoms with Crippen LogP contribution in [0.2, 0.25) is 0 Å². The molecule has 5 nitrogen and oxygen atoms in total. The summed E-state index contributed by atoms with van der Waals surface area (Å²) in [4.78, 5) is 9.87. The lowest BCUT2D eigenvalue weighted by atomic mass is 9.88. The minimum Gasteiger partial charge on any atom is -0.384 e. The fourth-order valence-corrected chi connectivity index (χ4v) is 1.59. The number of nitrogens with zero attached hydrogens (tertiary/aromatic N) is 2. The molecule has 0 aliphatic carbocycles. The minimum atomic E-state index is -0.848. The Morgan fingerprint density at radius 1 is 1.53 bits per heavy atom. The van der Waals surface area contributed by atoms with Crippen LogP contribution in [0.5, 0.6) is 0 Å². The molecule has 0 bridgehead atoms. The lowest BCUT2D eigenvalue weighted by Gasteiger charge is -2.24. The second-order valence-electron chi connectivity index (χ2n) is 5.10. The molecule has 1 rings (SSSR count). The van der Waals surface area contributed by atoms with Gasteiger partial charge in [0.2, 0.25) is 5.82 Å². The molecule has 0 radical (unpaired) electrons. The fourth-order valence-electron chi connectivity index (χ4n) is 1.59. The van der Waals surface area contributed by atoms with Gasteiger partial charge in [0.1, 0.15) is 0 Å². The molecule has 19 heavy (non-hydrogen) atoms. The zero-order valence-electron chi connectivity index (χ0n) is 10.9. The molecule has 0 amide bonds. The van der Waals surface area contributed by atoms with E-state index < -0.39 is 16.4 Å². The molecule has 1 aromatic carbocycles. The third kappa shape index (κ3) is 4.54. The second-order valence-corrected chi connectivity index (χ2v) is 5.10. The molecule has 1 aromatic rings. The van der Waals surface area contributed by atoms with E-state index in [-0.39, 0.29) is 5.41 Å². The zero-order valence-corrected chi connectivity index (χ0v) is 10.9. The summed E-state index contributed by atoms with van der Waals surface area (Å²) in [5, 5.41) is 22.2. The Hall–Kier alpha value is -2.16. The van der Waals surface area contributed by atoms with Gasteiger partial charge in [0, 0.05) is 24.7 Å². The highest BCUT2D eigenvalue weighted by Crippen LogP contribution is 2.25. The van der Waals surface area contributed by atoms with Crippen molar-refractivity contribution >= 4 is 11.4 Å². The largest absolute Gasteiger partial charge is 0.384 e. The molecule has 102 valence electrons. The Morgan fingerprint density at radius 2 is 2.21 bits per heavy atom. The molecule has 0 saturated heterocycles. The van der Waals surface area contributed by atoms with Crippen LogP contribution < -0.4 is 5.32 Å². The van der Waals surface area contributed by atoms with Crippen LogP contribution in [0.25, 0.3) is 0 Å². The summed E-state index contributed by atoms with van der Waals surface area (Å²) in [5.41, 5.74) is -0.156. The summed E-state index contributed by atoms with van der Waals surface area (Å²) in [6, 6.07) is 5.80. The van der Waals surface area contributed by atoms with Crippen LogP contribution in [0, 0.1) is 32.7 Å². The smallest absolute Gasteiger partial charge is 0.306 e. The van der Waals surface area contributed by atoms with E-state index >= 15 is 0 Å². The standard InChI is InChI=1S/C13H16FN3O2/c1-13(2,6-3-7-15)9-16-10-4-5-11(14)12(8-10)17(18)19/h4-5,8,16H,3,6,9H2,1-2H3. The van der Waals surface area contributed by atoms with E-state index in [1.54, 1.807) is 0 Å². The average Bonchev–Trinajstić information content (AvgIpc) is 2.35. The molecular weight excluding hydrogens is 249 g/mol. The first-order valence-corrected chi connectivity index (χ1v) is 5.90. The molecule has 0 unspecified atom stereocenters. The van der Waals surface area contributed by atoms with Crippen molar-refractivity contribution in [3.63, 3.8) is 0 Å². The number of nitriles is 1. The monoisotopic (exact) mass is 265 g/mol. The number of halogens is 1. The van der Waals surface area contributed by atoms with E-state index in [1.807, 2.05) is 13.8 Å². The Labute approximate surface area is 111 Å². The highest BCUT2D eigenvalue weighted by Gasteiger charge is 2.19. The quantitative estimate of drug-likeness (QED) is 0.630. The summed E-state index contributed by atoms with van der Waals surface area (Å²) in [5.74, 6) is -0.848. The predicted octanol–water partition coefficient (Wildman–Crippen LogP) is 3.48. The third-order valence-electron chi connectivity index (χ3n) is 2.83. The van der Waals surface area contributed by atoms with E-state index in [9.17, 15) is 14.5 Å². The van der Waals surface area contributed by atoms with Crippen molar-refractivity contribution in [1.82, 2.24) is 0 Å². The van der Waals surface area contributed by atoms with Crippen molar-refractivity contribution in [3.8, 4) is 6.07 Å². The highest BCUT2D eigenvalue weighted by atomic mass is 19.1. The van der Waals surface area contributed by atoms with E-state index in [0.29, 0.717) is 18.7 Å². The normalized spacial score (nSPS) is 10.8. The topological polar surface area (TPSA) is 79.0 Å². The molecule has 6 heteroatoms. The first kappa shape index (κ1) is 14.9. The third-order valence-corrected chi connectivity index (χ3v) is 2.83. The van der Waals surface area contributed by atoms with Gasteiger partial charge in [-0.1, -0.05) is 13.8 Å². The van der Waals surface area contributed by atoms with Gasteiger partial charge in [0.25, 0.3) is 0 Å². The molecule has 0 heterocycles. The van der Waals surface area contributed by atoms with Crippen molar-refractivity contribution in [3.05, 3.63) is 34.1 Å². The van der Waals surface area contributed by atoms with Gasteiger partial charge in [-0.2, -0.15) is 9.65 Å². The van der Waals surface area contributed by atoms with E-state index in [4.69, 9.17) is 5.26 Å². The van der Waals surface area contributed by atoms with Crippen LogP contribution in [0.15, 0.2) is 18.2 Å². The summed E-state index contributed by atoms with van der Waals surface area (Å²) >= 11 is 0. The molecule has 0 aliphatic heterocycles. The fraction of sp³-hybridized carbons (Fsp3) is 0.462. The summed E-state index contributed by atoms with van der Waals surface area (Å²) < 4.78 is 13.2. The zero-order chi connectivity index (χ0) is 14.5. The number of hydrogen-bond acceptors (Lipinski definition) is 4. The van der Waals surface area contributed by atoms with Gasteiger partial charge in [-0.3, -0.25) is 10.1 Å². The molecule has 0 aromatic heterocycles. The van der Waals surface area contributed by atoms with Gasteiger partial charge in [-0.05, 0) is 24.0 Å². The summed E-state index contributed by atoms with van der Waals surface area (Å²) in [6.45, 7) is 4.54. The molecule has 0 saturated carbocycles. The summed E-state index contributed by atoms with van der Waals surface area (Å²) in [6.07, 6.45) is 1.18. The molecule has 1 N–H and O–H groups in total. The maximum atomic E-state index is 13.2. The van der Waals surface area contributed by atoms with Gasteiger partial charge >= 0.3 is 5.69 Å². The van der Waals surface area contributed by atoms with Crippen molar-refractivity contribution in [2.45, 2.75) is 26.7 Å². The highest BCUT2D eigenvalue weighted by molar-refractivity contribution is 5.51. The summed E-state index contributed by atoms with van der Waals surface area (Å²) in [7, 11) is 0. The Bertz CT molecular complexity index is 509. The molecule has 0 spiro atoms. The van der Waals surface area contributed by atoms with Crippen molar-refractivity contribution in [2.24, 2.45) is 5.41 Å². The number of anilines is 1. The van der Waals surface area contributed by atoms with E-state index in [1.165, 1.54) is 12.1 Å². The molecule has 0 atom stereocenters. The van der Waals surface area contributed by atoms with E-state index in [2.05, 4.69) is 11.4 Å². The Kier molecular flexibility index (Phi) is 4.81. The van der Waals surface area contributed by atoms with Crippen molar-refractivity contribution in [1.29, 1.82) is 5.26 Å². The lowest BCUT2D eigenvalue weighted by Crippen LogP contribution is -2.22. The average molecular weight is 265 g/mol. The van der Waals surface area contributed by atoms with Gasteiger partial charge in [-0.25, -0.2) is 0 Å². The number of rotatable bonds is 6. The first-order chi connectivity index (χ1) is 8.85. The number of nitrogens with one attached hydrogen (secondary N) is 1. The maximum Gasteiger partial charge on any atom is 0.306 e. The Balaban J connectivity index is 2.71. The lowest BCUT2D eigenvalue weighted by molar-refractivity contribution is -0.387. The van der Waals surface area contributed by atoms with Crippen LogP contribution in [0.1, 0.15) is 26.7 Å². The maximum absolute atomic E-state index is 13.2. The number of benzene rings is 1. The van der Waals surface area contributed by atoms with Gasteiger partial charge in [0.15, 0.2) is 0 Å². The second kappa shape index (κ2) is 6.14. The molecule has 0 aliphatic rings. The van der Waals surface area contributed by atoms with Crippen molar-refractivity contribution < 1.29 is 9.31 Å². The van der Waals surface area contributed by atoms with Gasteiger partial charge in [-0.15, -0.1) is 0 Å². The number of hydrogen-bond donors (Lipinski definition) is 1. The minimum absolute atomic E-state index is 0.112. The predicted molar refractivity (Wildman–Crippen MR) is 70.2 cm³/mol. The molecular formula is C13H16FN3O2.